The number of hydrogen-bond acceptors (Lipinski definition) is 6. The minimum Gasteiger partial charge on any atom is -0.442 e. The van der Waals surface area contributed by atoms with Gasteiger partial charge in [0.1, 0.15) is 12.3 Å². The Balaban J connectivity index is 1.69. The second kappa shape index (κ2) is 11.9. The summed E-state index contributed by atoms with van der Waals surface area (Å²) in [5.74, 6) is -3.01. The van der Waals surface area contributed by atoms with Crippen LogP contribution in [-0.2, 0) is 14.3 Å². The van der Waals surface area contributed by atoms with Gasteiger partial charge < -0.3 is 20.3 Å². The summed E-state index contributed by atoms with van der Waals surface area (Å²) in [4.78, 5) is 40.5. The Labute approximate surface area is 254 Å². The molecule has 0 bridgehead atoms. The maximum absolute atomic E-state index is 16.0. The molecule has 3 atom stereocenters. The minimum absolute atomic E-state index is 0.0277. The fourth-order valence-electron chi connectivity index (χ4n) is 4.08. The van der Waals surface area contributed by atoms with Gasteiger partial charge >= 0.3 is 6.09 Å². The molecule has 0 radical (unpaired) electrons. The van der Waals surface area contributed by atoms with Crippen molar-refractivity contribution >= 4 is 112 Å². The molecule has 2 heterocycles. The van der Waals surface area contributed by atoms with E-state index in [1.54, 1.807) is 24.3 Å². The lowest BCUT2D eigenvalue weighted by Crippen LogP contribution is -2.68. The van der Waals surface area contributed by atoms with Gasteiger partial charge in [-0.1, -0.05) is 82.6 Å². The molecule has 0 spiro atoms. The Morgan fingerprint density at radius 2 is 1.78 bits per heavy atom. The van der Waals surface area contributed by atoms with Crippen LogP contribution in [-0.4, -0.2) is 79.5 Å². The molecule has 3 amide bonds. The number of hydrogen-bond donors (Lipinski definition) is 2. The van der Waals surface area contributed by atoms with Gasteiger partial charge in [-0.2, -0.15) is 0 Å². The van der Waals surface area contributed by atoms with Crippen molar-refractivity contribution in [3.8, 4) is 0 Å². The topological polar surface area (TPSA) is 94.2 Å². The first-order valence-corrected chi connectivity index (χ1v) is 14.5. The average molecular weight is 776 g/mol. The van der Waals surface area contributed by atoms with Crippen molar-refractivity contribution in [1.82, 2.24) is 15.5 Å². The summed E-state index contributed by atoms with van der Waals surface area (Å²) in [7, 11) is 0. The lowest BCUT2D eigenvalue weighted by Gasteiger charge is -2.50. The number of amides is 3. The van der Waals surface area contributed by atoms with E-state index in [-0.39, 0.29) is 25.5 Å². The van der Waals surface area contributed by atoms with Crippen LogP contribution in [0.3, 0.4) is 0 Å². The summed E-state index contributed by atoms with van der Waals surface area (Å²) in [5, 5.41) is 5.20. The van der Waals surface area contributed by atoms with E-state index < -0.39 is 36.0 Å². The van der Waals surface area contributed by atoms with Gasteiger partial charge in [0.15, 0.2) is 7.94 Å². The van der Waals surface area contributed by atoms with Gasteiger partial charge in [0, 0.05) is 31.4 Å². The molecule has 2 saturated heterocycles. The average Bonchev–Trinajstić information content (AvgIpc) is 3.15. The van der Waals surface area contributed by atoms with Crippen LogP contribution in [0.5, 0.6) is 0 Å². The van der Waals surface area contributed by atoms with Crippen molar-refractivity contribution in [1.29, 1.82) is 0 Å². The van der Waals surface area contributed by atoms with Gasteiger partial charge in [-0.15, -0.1) is 0 Å². The highest BCUT2D eigenvalue weighted by molar-refractivity contribution is 9.39. The summed E-state index contributed by atoms with van der Waals surface area (Å²) in [6, 6.07) is 7.09. The monoisotopic (exact) mass is 771 g/mol. The second-order valence-corrected chi connectivity index (χ2v) is 18.0. The van der Waals surface area contributed by atoms with Crippen molar-refractivity contribution in [2.45, 2.75) is 37.8 Å². The zero-order valence-electron chi connectivity index (χ0n) is 19.6. The fourth-order valence-corrected chi connectivity index (χ4v) is 5.33. The highest BCUT2D eigenvalue weighted by Crippen LogP contribution is 2.43. The maximum atomic E-state index is 16.0. The van der Waals surface area contributed by atoms with Crippen molar-refractivity contribution in [3.05, 3.63) is 24.3 Å². The first-order valence-electron chi connectivity index (χ1n) is 11.0. The fraction of sp³-hybridized carbons (Fsp3) is 0.571. The third-order valence-electron chi connectivity index (χ3n) is 5.82. The van der Waals surface area contributed by atoms with Gasteiger partial charge in [-0.25, -0.2) is 14.1 Å². The molecule has 37 heavy (non-hydrogen) atoms. The molecule has 16 heteroatoms. The molecule has 9 nitrogen and oxygen atoms in total. The normalized spacial score (nSPS) is 24.0. The second-order valence-electron chi connectivity index (χ2n) is 8.74. The zero-order chi connectivity index (χ0) is 27.8. The van der Waals surface area contributed by atoms with E-state index in [1.807, 2.05) is 4.90 Å². The molecular formula is C21H24Br3Cl3FN5O4. The lowest BCUT2D eigenvalue weighted by molar-refractivity contribution is -0.125. The number of nitrogens with zero attached hydrogens (tertiary/aromatic N) is 3. The van der Waals surface area contributed by atoms with Crippen LogP contribution in [0, 0.1) is 0 Å². The van der Waals surface area contributed by atoms with Crippen LogP contribution in [0.15, 0.2) is 24.3 Å². The van der Waals surface area contributed by atoms with Crippen molar-refractivity contribution in [2.75, 3.05) is 42.5 Å². The Morgan fingerprint density at radius 3 is 2.30 bits per heavy atom. The Morgan fingerprint density at radius 1 is 1.19 bits per heavy atom. The molecule has 2 N–H and O–H groups in total. The molecule has 3 rings (SSSR count). The first-order chi connectivity index (χ1) is 17.0. The van der Waals surface area contributed by atoms with Gasteiger partial charge in [-0.3, -0.25) is 14.5 Å². The van der Waals surface area contributed by atoms with Crippen molar-refractivity contribution in [2.24, 2.45) is 0 Å². The minimum atomic E-state index is -2.22. The van der Waals surface area contributed by atoms with E-state index in [4.69, 9.17) is 39.5 Å². The van der Waals surface area contributed by atoms with Gasteiger partial charge in [0.25, 0.3) is 9.70 Å². The van der Waals surface area contributed by atoms with Crippen LogP contribution in [0.25, 0.3) is 0 Å². The van der Waals surface area contributed by atoms with E-state index in [0.717, 1.165) is 5.69 Å². The smallest absolute Gasteiger partial charge is 0.414 e. The van der Waals surface area contributed by atoms with E-state index in [0.29, 0.717) is 18.8 Å². The van der Waals surface area contributed by atoms with Crippen molar-refractivity contribution < 1.29 is 23.5 Å². The summed E-state index contributed by atoms with van der Waals surface area (Å²) in [6.45, 7) is 3.94. The van der Waals surface area contributed by atoms with E-state index in [1.165, 1.54) is 23.6 Å². The van der Waals surface area contributed by atoms with Gasteiger partial charge in [-0.05, 0) is 31.2 Å². The summed E-state index contributed by atoms with van der Waals surface area (Å²) in [6.07, 6.45) is -1.92. The standard InChI is InChI=1S/C21H24Br3Cl3FN5O4/c1-12(34)29-9-15-10-32(18(36)37-15)14-5-3-13(4-6-14)31-7-8-33(19(2,28)11-31)16(20(22,23)24)30-17(35)21(25,26)27/h3-6,15-16H,7-11H2,1-2H3,(H,29,34)(H,30,35)/t15?,16?,19-/m1/s1. The quantitative estimate of drug-likeness (QED) is 0.325. The molecule has 0 aromatic heterocycles. The van der Waals surface area contributed by atoms with Crippen LogP contribution in [0.2, 0.25) is 0 Å². The van der Waals surface area contributed by atoms with Crippen LogP contribution in [0.1, 0.15) is 13.8 Å². The summed E-state index contributed by atoms with van der Waals surface area (Å²) < 4.78 is 18.0. The lowest BCUT2D eigenvalue weighted by atomic mass is 10.1. The van der Waals surface area contributed by atoms with Gasteiger partial charge in [0.2, 0.25) is 5.91 Å². The Bertz CT molecular complexity index is 1030. The predicted molar refractivity (Wildman–Crippen MR) is 153 cm³/mol. The molecule has 2 aliphatic rings. The zero-order valence-corrected chi connectivity index (χ0v) is 26.6. The molecule has 0 aliphatic carbocycles. The van der Waals surface area contributed by atoms with Crippen LogP contribution in [0.4, 0.5) is 20.6 Å². The maximum Gasteiger partial charge on any atom is 0.414 e. The Hall–Kier alpha value is -0.570. The van der Waals surface area contributed by atoms with Crippen LogP contribution < -0.4 is 20.4 Å². The highest BCUT2D eigenvalue weighted by atomic mass is 80.0. The molecule has 1 aromatic carbocycles. The molecule has 0 saturated carbocycles. The summed E-state index contributed by atoms with van der Waals surface area (Å²) >= 11 is 27.2. The molecule has 206 valence electrons. The first kappa shape index (κ1) is 31.0. The third-order valence-corrected chi connectivity index (χ3v) is 7.63. The van der Waals surface area contributed by atoms with E-state index in [2.05, 4.69) is 58.4 Å². The SMILES string of the molecule is CC(=O)NCC1CN(c2ccc(N3CCN(C(NC(=O)C(Cl)(Cl)Cl)C(Br)(Br)Br)[C@@](C)(F)C3)cc2)C(=O)O1. The third kappa shape index (κ3) is 7.98. The molecule has 2 aliphatic heterocycles. The van der Waals surface area contributed by atoms with Crippen molar-refractivity contribution in [3.63, 3.8) is 0 Å². The number of nitrogens with one attached hydrogen (secondary N) is 2. The number of halogens is 7. The molecule has 2 fully saturated rings. The van der Waals surface area contributed by atoms with Gasteiger partial charge in [0.05, 0.1) is 19.6 Å². The Kier molecular flexibility index (Phi) is 9.95. The number of rotatable bonds is 6. The van der Waals surface area contributed by atoms with E-state index in [9.17, 15) is 14.4 Å². The van der Waals surface area contributed by atoms with Crippen LogP contribution >= 0.6 is 82.6 Å². The van der Waals surface area contributed by atoms with E-state index >= 15 is 4.39 Å². The number of benzene rings is 1. The number of ether oxygens (including phenoxy) is 1. The number of piperazine rings is 1. The number of carbonyl (C=O) groups excluding carboxylic acids is 3. The highest BCUT2D eigenvalue weighted by Gasteiger charge is 2.49. The molecule has 1 aromatic rings. The number of carbonyl (C=O) groups is 3. The molecule has 2 unspecified atom stereocenters. The number of alkyl halides is 7. The molecular weight excluding hydrogens is 751 g/mol. The number of anilines is 2. The predicted octanol–water partition coefficient (Wildman–Crippen LogP) is 4.61. The number of cyclic esters (lactones) is 1. The largest absolute Gasteiger partial charge is 0.442 e. The summed E-state index contributed by atoms with van der Waals surface area (Å²) in [5.41, 5.74) is 1.37.